The molecule has 1 aliphatic rings. The number of benzene rings is 3. The van der Waals surface area contributed by atoms with Crippen LogP contribution in [0, 0.1) is 18.3 Å². The lowest BCUT2D eigenvalue weighted by atomic mass is 10.0. The smallest absolute Gasteiger partial charge is 0.306 e. The molecular weight excluding hydrogens is 530 g/mol. The minimum absolute atomic E-state index is 0.0412. The fraction of sp³-hybridized carbons (Fsp3) is 0.353. The van der Waals surface area contributed by atoms with Crippen LogP contribution in [0.25, 0.3) is 0 Å². The summed E-state index contributed by atoms with van der Waals surface area (Å²) in [7, 11) is 0. The Morgan fingerprint density at radius 2 is 1.76 bits per heavy atom. The zero-order valence-corrected chi connectivity index (χ0v) is 24.2. The third-order valence-electron chi connectivity index (χ3n) is 7.39. The van der Waals surface area contributed by atoms with Gasteiger partial charge in [0.05, 0.1) is 24.7 Å². The summed E-state index contributed by atoms with van der Waals surface area (Å²) in [6, 6.07) is 22.5. The molecule has 0 spiro atoms. The Kier molecular flexibility index (Phi) is 10.7. The van der Waals surface area contributed by atoms with Gasteiger partial charge in [-0.05, 0) is 74.2 Å². The maximum atomic E-state index is 13.3. The third kappa shape index (κ3) is 7.97. The Morgan fingerprint density at radius 1 is 1.00 bits per heavy atom. The second-order valence-electron chi connectivity index (χ2n) is 10.4. The van der Waals surface area contributed by atoms with Crippen LogP contribution < -0.4 is 15.0 Å². The summed E-state index contributed by atoms with van der Waals surface area (Å²) in [6.07, 6.45) is 4.03. The van der Waals surface area contributed by atoms with Gasteiger partial charge in [-0.1, -0.05) is 43.2 Å². The average Bonchev–Trinajstić information content (AvgIpc) is 3.54. The molecule has 0 heterocycles. The number of hydrogen-bond donors (Lipinski definition) is 1. The minimum atomic E-state index is -0.380. The number of nitrogens with zero attached hydrogens (tertiary/aromatic N) is 2. The third-order valence-corrected chi connectivity index (χ3v) is 7.39. The normalized spacial score (nSPS) is 12.8. The first-order valence-electron chi connectivity index (χ1n) is 14.5. The molecule has 3 aromatic carbocycles. The molecule has 1 fully saturated rings. The van der Waals surface area contributed by atoms with Crippen molar-refractivity contribution in [1.29, 1.82) is 5.26 Å². The number of amides is 2. The van der Waals surface area contributed by atoms with E-state index in [2.05, 4.69) is 11.4 Å². The zero-order chi connectivity index (χ0) is 29.9. The maximum Gasteiger partial charge on any atom is 0.306 e. The molecule has 0 aliphatic heterocycles. The van der Waals surface area contributed by atoms with E-state index in [0.717, 1.165) is 42.5 Å². The fourth-order valence-corrected chi connectivity index (χ4v) is 5.27. The van der Waals surface area contributed by atoms with E-state index in [4.69, 9.17) is 9.47 Å². The molecule has 8 nitrogen and oxygen atoms in total. The first-order chi connectivity index (χ1) is 20.4. The predicted octanol–water partition coefficient (Wildman–Crippen LogP) is 5.99. The lowest BCUT2D eigenvalue weighted by Crippen LogP contribution is -2.39. The van der Waals surface area contributed by atoms with E-state index in [1.807, 2.05) is 48.2 Å². The molecule has 1 N–H and O–H groups in total. The van der Waals surface area contributed by atoms with Crippen molar-refractivity contribution in [3.63, 3.8) is 0 Å². The molecule has 1 saturated carbocycles. The first kappa shape index (κ1) is 30.3. The second kappa shape index (κ2) is 14.8. The molecule has 0 bridgehead atoms. The fourth-order valence-electron chi connectivity index (χ4n) is 5.27. The van der Waals surface area contributed by atoms with Gasteiger partial charge in [0.25, 0.3) is 5.91 Å². The summed E-state index contributed by atoms with van der Waals surface area (Å²) in [5.41, 5.74) is 4.21. The van der Waals surface area contributed by atoms with Gasteiger partial charge in [-0.2, -0.15) is 5.26 Å². The van der Waals surface area contributed by atoms with Gasteiger partial charge in [-0.15, -0.1) is 0 Å². The molecule has 0 saturated heterocycles. The molecular formula is C34H37N3O5. The lowest BCUT2D eigenvalue weighted by Gasteiger charge is -2.31. The number of hydrogen-bond acceptors (Lipinski definition) is 6. The molecule has 0 unspecified atom stereocenters. The summed E-state index contributed by atoms with van der Waals surface area (Å²) in [4.78, 5) is 40.2. The van der Waals surface area contributed by atoms with Gasteiger partial charge in [0, 0.05) is 35.8 Å². The van der Waals surface area contributed by atoms with Crippen LogP contribution in [0.1, 0.15) is 78.1 Å². The maximum absolute atomic E-state index is 13.3. The number of carbonyl (C=O) groups is 3. The number of aryl methyl sites for hydroxylation is 1. The van der Waals surface area contributed by atoms with E-state index in [-0.39, 0.29) is 49.8 Å². The van der Waals surface area contributed by atoms with E-state index >= 15 is 0 Å². The van der Waals surface area contributed by atoms with E-state index in [9.17, 15) is 19.6 Å². The van der Waals surface area contributed by atoms with Crippen molar-refractivity contribution >= 4 is 23.5 Å². The van der Waals surface area contributed by atoms with Gasteiger partial charge in [0.1, 0.15) is 12.4 Å². The number of rotatable bonds is 12. The molecule has 42 heavy (non-hydrogen) atoms. The second-order valence-corrected chi connectivity index (χ2v) is 10.4. The number of esters is 1. The Morgan fingerprint density at radius 3 is 2.45 bits per heavy atom. The topological polar surface area (TPSA) is 109 Å². The van der Waals surface area contributed by atoms with Crippen molar-refractivity contribution < 1.29 is 23.9 Å². The van der Waals surface area contributed by atoms with Gasteiger partial charge in [0.2, 0.25) is 5.91 Å². The summed E-state index contributed by atoms with van der Waals surface area (Å²) >= 11 is 0. The summed E-state index contributed by atoms with van der Waals surface area (Å²) in [5.74, 6) is -0.175. The van der Waals surface area contributed by atoms with Crippen LogP contribution in [-0.2, 0) is 27.5 Å². The van der Waals surface area contributed by atoms with Crippen LogP contribution >= 0.6 is 0 Å². The molecule has 0 aromatic heterocycles. The lowest BCUT2D eigenvalue weighted by molar-refractivity contribution is -0.144. The van der Waals surface area contributed by atoms with E-state index in [0.29, 0.717) is 29.0 Å². The Labute approximate surface area is 247 Å². The largest absolute Gasteiger partial charge is 0.489 e. The quantitative estimate of drug-likeness (QED) is 0.269. The SMILES string of the molecule is CCOC(=O)CCC(=O)N(c1ccc(C(=O)NCc2cc(C#N)ccc2OCc2ccccc2)cc1C)C1CCCC1. The zero-order valence-electron chi connectivity index (χ0n) is 24.2. The monoisotopic (exact) mass is 567 g/mol. The van der Waals surface area contributed by atoms with Crippen LogP contribution in [0.15, 0.2) is 66.7 Å². The van der Waals surface area contributed by atoms with E-state index < -0.39 is 0 Å². The standard InChI is InChI=1S/C34H37N3O5/c1-3-41-33(39)18-17-32(38)37(29-11-7-8-12-29)30-15-14-27(19-24(30)2)34(40)36-22-28-20-26(21-35)13-16-31(28)42-23-25-9-5-4-6-10-25/h4-6,9-10,13-16,19-20,29H,3,7-8,11-12,17-18,22-23H2,1-2H3,(H,36,40). The Hall–Kier alpha value is -4.64. The van der Waals surface area contributed by atoms with Crippen molar-refractivity contribution in [3.8, 4) is 11.8 Å². The summed E-state index contributed by atoms with van der Waals surface area (Å²) in [6.45, 7) is 4.46. The highest BCUT2D eigenvalue weighted by molar-refractivity contribution is 5.98. The molecule has 0 radical (unpaired) electrons. The van der Waals surface area contributed by atoms with Gasteiger partial charge < -0.3 is 19.7 Å². The highest BCUT2D eigenvalue weighted by Gasteiger charge is 2.29. The molecule has 4 rings (SSSR count). The molecule has 1 aliphatic carbocycles. The van der Waals surface area contributed by atoms with Crippen LogP contribution in [-0.4, -0.2) is 30.4 Å². The highest BCUT2D eigenvalue weighted by Crippen LogP contribution is 2.32. The molecule has 8 heteroatoms. The van der Waals surface area contributed by atoms with Gasteiger partial charge >= 0.3 is 5.97 Å². The number of nitrogens with one attached hydrogen (secondary N) is 1. The van der Waals surface area contributed by atoms with E-state index in [1.165, 1.54) is 0 Å². The first-order valence-corrected chi connectivity index (χ1v) is 14.5. The van der Waals surface area contributed by atoms with Crippen LogP contribution in [0.3, 0.4) is 0 Å². The summed E-state index contributed by atoms with van der Waals surface area (Å²) in [5, 5.41) is 12.3. The van der Waals surface area contributed by atoms with Gasteiger partial charge in [-0.25, -0.2) is 0 Å². The van der Waals surface area contributed by atoms with Crippen LogP contribution in [0.4, 0.5) is 5.69 Å². The van der Waals surface area contributed by atoms with Gasteiger partial charge in [-0.3, -0.25) is 14.4 Å². The predicted molar refractivity (Wildman–Crippen MR) is 160 cm³/mol. The summed E-state index contributed by atoms with van der Waals surface area (Å²) < 4.78 is 11.0. The highest BCUT2D eigenvalue weighted by atomic mass is 16.5. The van der Waals surface area contributed by atoms with Crippen molar-refractivity contribution in [2.45, 2.75) is 71.6 Å². The van der Waals surface area contributed by atoms with Crippen LogP contribution in [0.2, 0.25) is 0 Å². The van der Waals surface area contributed by atoms with Crippen molar-refractivity contribution in [2.75, 3.05) is 11.5 Å². The average molecular weight is 568 g/mol. The van der Waals surface area contributed by atoms with Crippen LogP contribution in [0.5, 0.6) is 5.75 Å². The number of nitriles is 1. The molecule has 2 amide bonds. The van der Waals surface area contributed by atoms with Crippen molar-refractivity contribution in [3.05, 3.63) is 94.5 Å². The Balaban J connectivity index is 1.46. The number of anilines is 1. The van der Waals surface area contributed by atoms with Crippen molar-refractivity contribution in [1.82, 2.24) is 5.32 Å². The number of carbonyl (C=O) groups excluding carboxylic acids is 3. The van der Waals surface area contributed by atoms with Crippen molar-refractivity contribution in [2.24, 2.45) is 0 Å². The van der Waals surface area contributed by atoms with Gasteiger partial charge in [0.15, 0.2) is 0 Å². The molecule has 0 atom stereocenters. The molecule has 3 aromatic rings. The molecule has 218 valence electrons. The Bertz CT molecular complexity index is 1440. The minimum Gasteiger partial charge on any atom is -0.489 e. The number of ether oxygens (including phenoxy) is 2. The van der Waals surface area contributed by atoms with E-state index in [1.54, 1.807) is 37.3 Å².